The van der Waals surface area contributed by atoms with E-state index >= 15 is 0 Å². The van der Waals surface area contributed by atoms with Crippen molar-refractivity contribution in [2.24, 2.45) is 5.73 Å². The van der Waals surface area contributed by atoms with Gasteiger partial charge in [0.2, 0.25) is 0 Å². The molecular weight excluding hydrogens is 264 g/mol. The van der Waals surface area contributed by atoms with Gasteiger partial charge in [-0.15, -0.1) is 0 Å². The zero-order chi connectivity index (χ0) is 15.8. The normalized spacial score (nSPS) is 12.0. The summed E-state index contributed by atoms with van der Waals surface area (Å²) in [6, 6.07) is 3.57. The number of carbonyl (C=O) groups is 1. The summed E-state index contributed by atoms with van der Waals surface area (Å²) in [6.45, 7) is 8.98. The van der Waals surface area contributed by atoms with Gasteiger partial charge < -0.3 is 15.8 Å². The molecule has 0 amide bonds. The molecule has 2 aromatic rings. The summed E-state index contributed by atoms with van der Waals surface area (Å²) in [4.78, 5) is 14.9. The number of aryl methyl sites for hydroxylation is 2. The van der Waals surface area contributed by atoms with Crippen molar-refractivity contribution in [1.82, 2.24) is 4.98 Å². The monoisotopic (exact) mass is 288 g/mol. The SMILES string of the molecule is Cc1[nH]c2c(C(C)(C)C)cc(C(=O)O)cc2c1CCCN. The molecule has 0 saturated carbocycles. The minimum Gasteiger partial charge on any atom is -0.478 e. The summed E-state index contributed by atoms with van der Waals surface area (Å²) >= 11 is 0. The summed E-state index contributed by atoms with van der Waals surface area (Å²) in [7, 11) is 0. The molecule has 21 heavy (non-hydrogen) atoms. The van der Waals surface area contributed by atoms with Gasteiger partial charge in [-0.3, -0.25) is 0 Å². The third-order valence-corrected chi connectivity index (χ3v) is 3.91. The van der Waals surface area contributed by atoms with Crippen LogP contribution in [-0.4, -0.2) is 22.6 Å². The summed E-state index contributed by atoms with van der Waals surface area (Å²) in [6.07, 6.45) is 1.77. The zero-order valence-electron chi connectivity index (χ0n) is 13.2. The molecule has 0 fully saturated rings. The zero-order valence-corrected chi connectivity index (χ0v) is 13.2. The highest BCUT2D eigenvalue weighted by Crippen LogP contribution is 2.34. The average molecular weight is 288 g/mol. The molecule has 0 aliphatic carbocycles. The number of aromatic amines is 1. The highest BCUT2D eigenvalue weighted by Gasteiger charge is 2.22. The van der Waals surface area contributed by atoms with Gasteiger partial charge in [-0.1, -0.05) is 20.8 Å². The van der Waals surface area contributed by atoms with Gasteiger partial charge in [-0.05, 0) is 55.0 Å². The Kier molecular flexibility index (Phi) is 4.10. The molecule has 1 aromatic carbocycles. The average Bonchev–Trinajstić information content (AvgIpc) is 2.69. The number of carboxylic acids is 1. The van der Waals surface area contributed by atoms with Gasteiger partial charge in [0.25, 0.3) is 0 Å². The maximum atomic E-state index is 11.4. The maximum absolute atomic E-state index is 11.4. The van der Waals surface area contributed by atoms with Crippen molar-refractivity contribution in [3.63, 3.8) is 0 Å². The Hall–Kier alpha value is -1.81. The smallest absolute Gasteiger partial charge is 0.335 e. The Balaban J connectivity index is 2.76. The van der Waals surface area contributed by atoms with E-state index in [0.29, 0.717) is 12.1 Å². The Morgan fingerprint density at radius 3 is 2.52 bits per heavy atom. The molecule has 1 aromatic heterocycles. The molecule has 0 radical (unpaired) electrons. The standard InChI is InChI=1S/C17H24N2O2/c1-10-12(6-5-7-18)13-8-11(16(20)21)9-14(15(13)19-10)17(2,3)4/h8-9,19H,5-7,18H2,1-4H3,(H,20,21). The van der Waals surface area contributed by atoms with Crippen LogP contribution in [-0.2, 0) is 11.8 Å². The van der Waals surface area contributed by atoms with E-state index in [4.69, 9.17) is 5.73 Å². The predicted octanol–water partition coefficient (Wildman–Crippen LogP) is 3.36. The van der Waals surface area contributed by atoms with Crippen LogP contribution in [0.15, 0.2) is 12.1 Å². The topological polar surface area (TPSA) is 79.1 Å². The Labute approximate surface area is 125 Å². The molecule has 2 rings (SSSR count). The predicted molar refractivity (Wildman–Crippen MR) is 86.1 cm³/mol. The first-order chi connectivity index (χ1) is 9.75. The van der Waals surface area contributed by atoms with Crippen LogP contribution >= 0.6 is 0 Å². The van der Waals surface area contributed by atoms with E-state index in [0.717, 1.165) is 35.0 Å². The van der Waals surface area contributed by atoms with Crippen LogP contribution in [0.2, 0.25) is 0 Å². The van der Waals surface area contributed by atoms with Crippen LogP contribution in [0.1, 0.15) is 54.4 Å². The first-order valence-corrected chi connectivity index (χ1v) is 7.34. The number of carboxylic acid groups (broad SMARTS) is 1. The van der Waals surface area contributed by atoms with Gasteiger partial charge >= 0.3 is 5.97 Å². The van der Waals surface area contributed by atoms with Crippen LogP contribution in [0.25, 0.3) is 10.9 Å². The summed E-state index contributed by atoms with van der Waals surface area (Å²) in [5.41, 5.74) is 10.2. The fourth-order valence-electron chi connectivity index (χ4n) is 2.80. The van der Waals surface area contributed by atoms with Gasteiger partial charge in [0, 0.05) is 16.6 Å². The summed E-state index contributed by atoms with van der Waals surface area (Å²) in [5, 5.41) is 10.4. The van der Waals surface area contributed by atoms with E-state index in [9.17, 15) is 9.90 Å². The van der Waals surface area contributed by atoms with Crippen molar-refractivity contribution in [3.8, 4) is 0 Å². The fourth-order valence-corrected chi connectivity index (χ4v) is 2.80. The van der Waals surface area contributed by atoms with E-state index in [1.54, 1.807) is 12.1 Å². The molecule has 0 aliphatic rings. The van der Waals surface area contributed by atoms with E-state index < -0.39 is 5.97 Å². The lowest BCUT2D eigenvalue weighted by Crippen LogP contribution is -2.13. The molecule has 0 saturated heterocycles. The van der Waals surface area contributed by atoms with Gasteiger partial charge in [-0.2, -0.15) is 0 Å². The lowest BCUT2D eigenvalue weighted by molar-refractivity contribution is 0.0697. The fraction of sp³-hybridized carbons (Fsp3) is 0.471. The molecule has 0 atom stereocenters. The molecule has 4 nitrogen and oxygen atoms in total. The van der Waals surface area contributed by atoms with Crippen LogP contribution in [0.5, 0.6) is 0 Å². The Bertz CT molecular complexity index is 678. The van der Waals surface area contributed by atoms with Crippen LogP contribution in [0.3, 0.4) is 0 Å². The van der Waals surface area contributed by atoms with E-state index in [2.05, 4.69) is 25.8 Å². The molecule has 0 spiro atoms. The first-order valence-electron chi connectivity index (χ1n) is 7.34. The number of fused-ring (bicyclic) bond motifs is 1. The van der Waals surface area contributed by atoms with E-state index in [-0.39, 0.29) is 5.41 Å². The molecule has 4 N–H and O–H groups in total. The largest absolute Gasteiger partial charge is 0.478 e. The van der Waals surface area contributed by atoms with Crippen LogP contribution in [0, 0.1) is 6.92 Å². The minimum atomic E-state index is -0.883. The number of aromatic nitrogens is 1. The van der Waals surface area contributed by atoms with Crippen molar-refractivity contribution in [1.29, 1.82) is 0 Å². The Morgan fingerprint density at radius 1 is 1.33 bits per heavy atom. The van der Waals surface area contributed by atoms with Crippen molar-refractivity contribution < 1.29 is 9.90 Å². The molecule has 0 bridgehead atoms. The minimum absolute atomic E-state index is 0.119. The van der Waals surface area contributed by atoms with Crippen LogP contribution in [0.4, 0.5) is 0 Å². The van der Waals surface area contributed by atoms with E-state index in [1.165, 1.54) is 5.56 Å². The first kappa shape index (κ1) is 15.6. The lowest BCUT2D eigenvalue weighted by atomic mass is 9.84. The number of aromatic carboxylic acids is 1. The molecule has 1 heterocycles. The number of nitrogens with one attached hydrogen (secondary N) is 1. The molecule has 4 heteroatoms. The van der Waals surface area contributed by atoms with Gasteiger partial charge in [0.1, 0.15) is 0 Å². The molecular formula is C17H24N2O2. The maximum Gasteiger partial charge on any atom is 0.335 e. The summed E-state index contributed by atoms with van der Waals surface area (Å²) < 4.78 is 0. The quantitative estimate of drug-likeness (QED) is 0.807. The number of rotatable bonds is 4. The van der Waals surface area contributed by atoms with Crippen molar-refractivity contribution in [2.45, 2.75) is 46.0 Å². The molecule has 0 aliphatic heterocycles. The highest BCUT2D eigenvalue weighted by molar-refractivity contribution is 5.97. The Morgan fingerprint density at radius 2 is 2.00 bits per heavy atom. The number of hydrogen-bond donors (Lipinski definition) is 3. The number of nitrogens with two attached hydrogens (primary N) is 1. The number of H-pyrrole nitrogens is 1. The molecule has 114 valence electrons. The van der Waals surface area contributed by atoms with Crippen molar-refractivity contribution in [3.05, 3.63) is 34.5 Å². The van der Waals surface area contributed by atoms with Crippen molar-refractivity contribution in [2.75, 3.05) is 6.54 Å². The van der Waals surface area contributed by atoms with Gasteiger partial charge in [0.05, 0.1) is 5.56 Å². The van der Waals surface area contributed by atoms with Gasteiger partial charge in [0.15, 0.2) is 0 Å². The third kappa shape index (κ3) is 2.95. The van der Waals surface area contributed by atoms with Crippen molar-refractivity contribution >= 4 is 16.9 Å². The van der Waals surface area contributed by atoms with Gasteiger partial charge in [-0.25, -0.2) is 4.79 Å². The van der Waals surface area contributed by atoms with E-state index in [1.807, 2.05) is 6.92 Å². The lowest BCUT2D eigenvalue weighted by Gasteiger charge is -2.20. The number of hydrogen-bond acceptors (Lipinski definition) is 2. The molecule has 0 unspecified atom stereocenters. The second-order valence-electron chi connectivity index (χ2n) is 6.62. The second kappa shape index (κ2) is 5.53. The third-order valence-electron chi connectivity index (χ3n) is 3.91. The van der Waals surface area contributed by atoms with Crippen LogP contribution < -0.4 is 5.73 Å². The summed E-state index contributed by atoms with van der Waals surface area (Å²) in [5.74, 6) is -0.883. The second-order valence-corrected chi connectivity index (χ2v) is 6.62. The number of benzene rings is 1. The highest BCUT2D eigenvalue weighted by atomic mass is 16.4.